The minimum atomic E-state index is -3.21. The summed E-state index contributed by atoms with van der Waals surface area (Å²) in [4.78, 5) is 20.5. The van der Waals surface area contributed by atoms with Gasteiger partial charge < -0.3 is 4.98 Å². The molecule has 5 heterocycles. The summed E-state index contributed by atoms with van der Waals surface area (Å²) in [5, 5.41) is 7.33. The molecule has 9 nitrogen and oxygen atoms in total. The molecule has 0 saturated heterocycles. The van der Waals surface area contributed by atoms with E-state index >= 15 is 4.39 Å². The zero-order valence-electron chi connectivity index (χ0n) is 20.8. The molecule has 5 aromatic heterocycles. The third kappa shape index (κ3) is 4.63. The van der Waals surface area contributed by atoms with Crippen LogP contribution in [0.5, 0.6) is 0 Å². The van der Waals surface area contributed by atoms with Crippen LogP contribution in [0.1, 0.15) is 11.1 Å². The smallest absolute Gasteiger partial charge is 0.161 e. The minimum absolute atomic E-state index is 0.0991. The highest BCUT2D eigenvalue weighted by atomic mass is 32.2. The van der Waals surface area contributed by atoms with Crippen LogP contribution in [0.25, 0.3) is 55.8 Å². The number of fused-ring (bicyclic) bond motifs is 2. The predicted octanol–water partition coefficient (Wildman–Crippen LogP) is 4.80. The summed E-state index contributed by atoms with van der Waals surface area (Å²) in [5.41, 5.74) is 4.77. The Morgan fingerprint density at radius 3 is 2.56 bits per heavy atom. The molecule has 0 radical (unpaired) electrons. The number of H-pyrrole nitrogens is 2. The highest BCUT2D eigenvalue weighted by Crippen LogP contribution is 2.35. The lowest BCUT2D eigenvalue weighted by Gasteiger charge is -2.07. The Morgan fingerprint density at radius 1 is 0.949 bits per heavy atom. The molecule has 0 aliphatic heterocycles. The van der Waals surface area contributed by atoms with Crippen molar-refractivity contribution in [2.75, 3.05) is 12.0 Å². The lowest BCUT2D eigenvalue weighted by molar-refractivity contribution is 0.600. The van der Waals surface area contributed by atoms with E-state index in [1.807, 2.05) is 6.92 Å². The number of hydrogen-bond donors (Lipinski definition) is 2. The Hall–Kier alpha value is -4.58. The van der Waals surface area contributed by atoms with E-state index < -0.39 is 21.5 Å². The van der Waals surface area contributed by atoms with E-state index in [1.54, 1.807) is 36.9 Å². The molecule has 6 aromatic rings. The normalized spacial score (nSPS) is 12.0. The summed E-state index contributed by atoms with van der Waals surface area (Å²) in [7, 11) is -3.21. The maximum atomic E-state index is 15.9. The van der Waals surface area contributed by atoms with Gasteiger partial charge in [0.2, 0.25) is 0 Å². The fourth-order valence-corrected chi connectivity index (χ4v) is 5.16. The van der Waals surface area contributed by atoms with Gasteiger partial charge in [-0.15, -0.1) is 0 Å². The maximum Gasteiger partial charge on any atom is 0.161 e. The van der Waals surface area contributed by atoms with Crippen molar-refractivity contribution in [3.05, 3.63) is 78.0 Å². The summed E-state index contributed by atoms with van der Waals surface area (Å²) in [6.45, 7) is 1.85. The highest BCUT2D eigenvalue weighted by Gasteiger charge is 2.22. The molecule has 196 valence electrons. The molecule has 0 spiro atoms. The fraction of sp³-hybridized carbons (Fsp3) is 0.148. The van der Waals surface area contributed by atoms with E-state index in [4.69, 9.17) is 4.98 Å². The van der Waals surface area contributed by atoms with Gasteiger partial charge >= 0.3 is 0 Å². The number of nitrogens with zero attached hydrogens (tertiary/aromatic N) is 5. The van der Waals surface area contributed by atoms with Gasteiger partial charge in [0, 0.05) is 36.0 Å². The average Bonchev–Trinajstić information content (AvgIpc) is 3.52. The molecule has 0 unspecified atom stereocenters. The number of sulfone groups is 1. The molecule has 0 amide bonds. The number of hydrogen-bond acceptors (Lipinski definition) is 7. The van der Waals surface area contributed by atoms with Gasteiger partial charge in [0.25, 0.3) is 0 Å². The SMILES string of the molecule is Cc1ccncc1-c1ncc2[nH]nc(-c3nc4c(-c5cc(F)cc(CCS(C)(=O)=O)c5)cncc4[nH]3)c2c1F. The summed E-state index contributed by atoms with van der Waals surface area (Å²) in [6.07, 6.45) is 9.14. The lowest BCUT2D eigenvalue weighted by Crippen LogP contribution is -2.06. The first-order valence-electron chi connectivity index (χ1n) is 11.9. The standard InChI is InChI=1S/C27H21F2N7O2S/c1-14-3-5-30-10-18(14)25-23(29)22-20(13-32-25)35-36-26(22)27-33-21-12-31-11-19(24(21)34-27)16-7-15(8-17(28)9-16)4-6-39(2,37)38/h3,5,7-13H,4,6H2,1-2H3,(H,33,34)(H,35,36). The number of nitrogens with one attached hydrogen (secondary N) is 2. The first kappa shape index (κ1) is 24.7. The van der Waals surface area contributed by atoms with Crippen LogP contribution in [0.4, 0.5) is 8.78 Å². The van der Waals surface area contributed by atoms with Gasteiger partial charge in [-0.2, -0.15) is 5.10 Å². The Kier molecular flexibility index (Phi) is 5.91. The van der Waals surface area contributed by atoms with E-state index in [-0.39, 0.29) is 34.8 Å². The quantitative estimate of drug-likeness (QED) is 0.307. The van der Waals surface area contributed by atoms with Crippen LogP contribution in [0.3, 0.4) is 0 Å². The van der Waals surface area contributed by atoms with Crippen molar-refractivity contribution in [1.82, 2.24) is 35.1 Å². The molecule has 0 aliphatic carbocycles. The van der Waals surface area contributed by atoms with Gasteiger partial charge in [0.1, 0.15) is 27.0 Å². The van der Waals surface area contributed by atoms with Crippen molar-refractivity contribution in [3.8, 4) is 33.9 Å². The third-order valence-corrected chi connectivity index (χ3v) is 7.43. The Labute approximate surface area is 221 Å². The summed E-state index contributed by atoms with van der Waals surface area (Å²) < 4.78 is 53.6. The second kappa shape index (κ2) is 9.31. The van der Waals surface area contributed by atoms with Gasteiger partial charge in [0.15, 0.2) is 11.6 Å². The van der Waals surface area contributed by atoms with Crippen LogP contribution in [0, 0.1) is 18.6 Å². The van der Waals surface area contributed by atoms with Crippen LogP contribution >= 0.6 is 0 Å². The minimum Gasteiger partial charge on any atom is -0.335 e. The summed E-state index contributed by atoms with van der Waals surface area (Å²) in [6, 6.07) is 6.15. The number of aromatic amines is 2. The Morgan fingerprint density at radius 2 is 1.77 bits per heavy atom. The summed E-state index contributed by atoms with van der Waals surface area (Å²) >= 11 is 0. The first-order valence-corrected chi connectivity index (χ1v) is 14.0. The van der Waals surface area contributed by atoms with E-state index in [0.29, 0.717) is 38.8 Å². The molecular formula is C27H21F2N7O2S. The molecule has 0 saturated carbocycles. The fourth-order valence-electron chi connectivity index (χ4n) is 4.56. The van der Waals surface area contributed by atoms with E-state index in [1.165, 1.54) is 18.3 Å². The molecule has 39 heavy (non-hydrogen) atoms. The van der Waals surface area contributed by atoms with Crippen LogP contribution in [0.2, 0.25) is 0 Å². The molecule has 2 N–H and O–H groups in total. The van der Waals surface area contributed by atoms with Crippen LogP contribution in [-0.2, 0) is 16.3 Å². The highest BCUT2D eigenvalue weighted by molar-refractivity contribution is 7.90. The van der Waals surface area contributed by atoms with Crippen LogP contribution < -0.4 is 0 Å². The zero-order valence-corrected chi connectivity index (χ0v) is 21.6. The topological polar surface area (TPSA) is 130 Å². The monoisotopic (exact) mass is 545 g/mol. The van der Waals surface area contributed by atoms with Crippen molar-refractivity contribution in [2.45, 2.75) is 13.3 Å². The van der Waals surface area contributed by atoms with Crippen LogP contribution in [0.15, 0.2) is 55.2 Å². The molecule has 12 heteroatoms. The molecule has 0 fully saturated rings. The molecular weight excluding hydrogens is 524 g/mol. The number of halogens is 2. The number of aryl methyl sites for hydroxylation is 2. The lowest BCUT2D eigenvalue weighted by atomic mass is 10.0. The largest absolute Gasteiger partial charge is 0.335 e. The van der Waals surface area contributed by atoms with Gasteiger partial charge in [-0.1, -0.05) is 6.07 Å². The second-order valence-corrected chi connectivity index (χ2v) is 11.6. The Balaban J connectivity index is 1.47. The van der Waals surface area contributed by atoms with E-state index in [0.717, 1.165) is 11.8 Å². The number of rotatable bonds is 6. The second-order valence-electron chi connectivity index (χ2n) is 9.37. The van der Waals surface area contributed by atoms with Gasteiger partial charge in [-0.25, -0.2) is 22.2 Å². The third-order valence-electron chi connectivity index (χ3n) is 6.49. The maximum absolute atomic E-state index is 15.9. The predicted molar refractivity (Wildman–Crippen MR) is 144 cm³/mol. The van der Waals surface area contributed by atoms with Gasteiger partial charge in [-0.3, -0.25) is 20.1 Å². The van der Waals surface area contributed by atoms with Gasteiger partial charge in [0.05, 0.1) is 40.1 Å². The van der Waals surface area contributed by atoms with Crippen molar-refractivity contribution in [1.29, 1.82) is 0 Å². The number of imidazole rings is 1. The van der Waals surface area contributed by atoms with Crippen molar-refractivity contribution < 1.29 is 17.2 Å². The Bertz CT molecular complexity index is 2000. The first-order chi connectivity index (χ1) is 18.7. The van der Waals surface area contributed by atoms with Gasteiger partial charge in [-0.05, 0) is 48.2 Å². The van der Waals surface area contributed by atoms with Crippen LogP contribution in [-0.4, -0.2) is 55.5 Å². The van der Waals surface area contributed by atoms with E-state index in [2.05, 4.69) is 30.1 Å². The zero-order chi connectivity index (χ0) is 27.3. The number of pyridine rings is 3. The van der Waals surface area contributed by atoms with Crippen molar-refractivity contribution in [3.63, 3.8) is 0 Å². The molecule has 0 bridgehead atoms. The molecule has 1 aromatic carbocycles. The van der Waals surface area contributed by atoms with Crippen molar-refractivity contribution in [2.24, 2.45) is 0 Å². The van der Waals surface area contributed by atoms with E-state index in [9.17, 15) is 12.8 Å². The molecule has 0 atom stereocenters. The average molecular weight is 546 g/mol. The molecule has 0 aliphatic rings. The molecule has 6 rings (SSSR count). The number of aromatic nitrogens is 7. The van der Waals surface area contributed by atoms with Crippen molar-refractivity contribution >= 4 is 31.8 Å². The summed E-state index contributed by atoms with van der Waals surface area (Å²) in [5.74, 6) is -0.877. The number of benzene rings is 1.